The molecular formula is C23H38N4O. The van der Waals surface area contributed by atoms with Crippen LogP contribution in [0.15, 0.2) is 24.5 Å². The Hall–Kier alpha value is -1.46. The number of carbonyl (C=O) groups excluding carboxylic acids is 1. The number of likely N-dealkylation sites (tertiary alicyclic amines) is 2. The highest BCUT2D eigenvalue weighted by Crippen LogP contribution is 2.25. The van der Waals surface area contributed by atoms with Crippen molar-refractivity contribution in [3.8, 4) is 0 Å². The van der Waals surface area contributed by atoms with Gasteiger partial charge in [0.1, 0.15) is 0 Å². The molecule has 2 aliphatic rings. The highest BCUT2D eigenvalue weighted by atomic mass is 16.2. The molecule has 0 spiro atoms. The summed E-state index contributed by atoms with van der Waals surface area (Å²) in [5.74, 6) is 0.421. The van der Waals surface area contributed by atoms with E-state index in [9.17, 15) is 4.79 Å². The summed E-state index contributed by atoms with van der Waals surface area (Å²) in [4.78, 5) is 22.2. The molecule has 0 unspecified atom stereocenters. The van der Waals surface area contributed by atoms with E-state index >= 15 is 0 Å². The average molecular weight is 387 g/mol. The van der Waals surface area contributed by atoms with Crippen molar-refractivity contribution in [2.75, 3.05) is 26.2 Å². The minimum absolute atomic E-state index is 0.0585. The lowest BCUT2D eigenvalue weighted by Crippen LogP contribution is -2.53. The number of nitrogens with one attached hydrogen (secondary N) is 1. The molecule has 1 amide bonds. The van der Waals surface area contributed by atoms with Gasteiger partial charge in [0, 0.05) is 37.1 Å². The first-order valence-corrected chi connectivity index (χ1v) is 11.2. The zero-order chi connectivity index (χ0) is 20.0. The summed E-state index contributed by atoms with van der Waals surface area (Å²) in [6.07, 6.45) is 10.4. The number of hydrogen-bond donors (Lipinski definition) is 1. The summed E-state index contributed by atoms with van der Waals surface area (Å²) in [5, 5.41) is 3.34. The van der Waals surface area contributed by atoms with E-state index in [2.05, 4.69) is 46.9 Å². The summed E-state index contributed by atoms with van der Waals surface area (Å²) in [5.41, 5.74) is 1.24. The lowest BCUT2D eigenvalue weighted by atomic mass is 9.90. The first kappa shape index (κ1) is 21.3. The molecule has 5 nitrogen and oxygen atoms in total. The van der Waals surface area contributed by atoms with Crippen molar-refractivity contribution in [3.63, 3.8) is 0 Å². The number of aromatic nitrogens is 1. The number of nitrogens with zero attached hydrogens (tertiary/aromatic N) is 3. The van der Waals surface area contributed by atoms with Crippen LogP contribution in [0, 0.1) is 5.92 Å². The van der Waals surface area contributed by atoms with Gasteiger partial charge in [-0.2, -0.15) is 0 Å². The third-order valence-electron chi connectivity index (χ3n) is 7.01. The fraction of sp³-hybridized carbons (Fsp3) is 0.739. The van der Waals surface area contributed by atoms with E-state index in [-0.39, 0.29) is 17.4 Å². The monoisotopic (exact) mass is 386 g/mol. The molecule has 0 bridgehead atoms. The van der Waals surface area contributed by atoms with Gasteiger partial charge in [-0.25, -0.2) is 0 Å². The van der Waals surface area contributed by atoms with Crippen LogP contribution < -0.4 is 5.32 Å². The maximum atomic E-state index is 12.9. The normalized spacial score (nSPS) is 22.9. The molecule has 1 atom stereocenters. The van der Waals surface area contributed by atoms with Crippen molar-refractivity contribution in [2.24, 2.45) is 5.92 Å². The van der Waals surface area contributed by atoms with Crippen LogP contribution in [0.2, 0.25) is 0 Å². The average Bonchev–Trinajstić information content (AvgIpc) is 2.75. The molecular weight excluding hydrogens is 348 g/mol. The molecule has 28 heavy (non-hydrogen) atoms. The van der Waals surface area contributed by atoms with Crippen LogP contribution in [0.1, 0.15) is 64.9 Å². The molecule has 2 saturated heterocycles. The molecule has 1 aromatic rings. The van der Waals surface area contributed by atoms with Crippen LogP contribution in [0.25, 0.3) is 0 Å². The van der Waals surface area contributed by atoms with Gasteiger partial charge in [-0.1, -0.05) is 19.9 Å². The summed E-state index contributed by atoms with van der Waals surface area (Å²) >= 11 is 0. The third kappa shape index (κ3) is 5.54. The van der Waals surface area contributed by atoms with Gasteiger partial charge in [-0.3, -0.25) is 19.6 Å². The number of rotatable bonds is 7. The number of pyridine rings is 1. The molecule has 0 radical (unpaired) electrons. The predicted octanol–water partition coefficient (Wildman–Crippen LogP) is 3.45. The topological polar surface area (TPSA) is 48.5 Å². The predicted molar refractivity (Wildman–Crippen MR) is 114 cm³/mol. The van der Waals surface area contributed by atoms with Crippen molar-refractivity contribution in [1.29, 1.82) is 0 Å². The zero-order valence-electron chi connectivity index (χ0n) is 18.0. The molecule has 3 heterocycles. The molecule has 2 fully saturated rings. The first-order valence-electron chi connectivity index (χ1n) is 11.2. The summed E-state index contributed by atoms with van der Waals surface area (Å²) < 4.78 is 0. The summed E-state index contributed by atoms with van der Waals surface area (Å²) in [6, 6.07) is 4.81. The Labute approximate surface area is 170 Å². The van der Waals surface area contributed by atoms with E-state index in [4.69, 9.17) is 0 Å². The van der Waals surface area contributed by atoms with Gasteiger partial charge in [-0.05, 0) is 76.7 Å². The first-order chi connectivity index (χ1) is 13.5. The van der Waals surface area contributed by atoms with Crippen molar-refractivity contribution in [1.82, 2.24) is 20.1 Å². The van der Waals surface area contributed by atoms with Gasteiger partial charge in [0.15, 0.2) is 0 Å². The molecule has 156 valence electrons. The van der Waals surface area contributed by atoms with Crippen LogP contribution in [0.4, 0.5) is 0 Å². The van der Waals surface area contributed by atoms with Gasteiger partial charge in [0.05, 0.1) is 5.92 Å². The minimum Gasteiger partial charge on any atom is -0.351 e. The van der Waals surface area contributed by atoms with Crippen molar-refractivity contribution in [2.45, 2.75) is 77.4 Å². The van der Waals surface area contributed by atoms with E-state index < -0.39 is 0 Å². The Bertz CT molecular complexity index is 608. The van der Waals surface area contributed by atoms with E-state index in [0.717, 1.165) is 58.4 Å². The Morgan fingerprint density at radius 1 is 1.21 bits per heavy atom. The Morgan fingerprint density at radius 2 is 1.96 bits per heavy atom. The molecule has 2 aliphatic heterocycles. The second kappa shape index (κ2) is 9.84. The fourth-order valence-electron chi connectivity index (χ4n) is 4.57. The molecule has 1 aromatic heterocycles. The van der Waals surface area contributed by atoms with Gasteiger partial charge in [0.25, 0.3) is 0 Å². The minimum atomic E-state index is -0.0585. The van der Waals surface area contributed by atoms with Crippen LogP contribution in [-0.4, -0.2) is 58.5 Å². The number of hydrogen-bond acceptors (Lipinski definition) is 4. The van der Waals surface area contributed by atoms with E-state index in [1.807, 2.05) is 18.5 Å². The highest BCUT2D eigenvalue weighted by Gasteiger charge is 2.33. The van der Waals surface area contributed by atoms with Gasteiger partial charge in [0.2, 0.25) is 5.91 Å². The van der Waals surface area contributed by atoms with Crippen LogP contribution >= 0.6 is 0 Å². The molecule has 5 heteroatoms. The Balaban J connectivity index is 1.48. The lowest BCUT2D eigenvalue weighted by molar-refractivity contribution is -0.129. The Kier molecular flexibility index (Phi) is 7.47. The quantitative estimate of drug-likeness (QED) is 0.780. The molecule has 0 aromatic carbocycles. The largest absolute Gasteiger partial charge is 0.351 e. The van der Waals surface area contributed by atoms with E-state index in [1.165, 1.54) is 18.4 Å². The zero-order valence-corrected chi connectivity index (χ0v) is 18.0. The smallest absolute Gasteiger partial charge is 0.224 e. The SMILES string of the molecule is CCC(C)(CC)NC(=O)[C@H]1CCCN(C2CCN(Cc3cccnc3)CC2)C1. The Morgan fingerprint density at radius 3 is 2.61 bits per heavy atom. The van der Waals surface area contributed by atoms with Gasteiger partial charge >= 0.3 is 0 Å². The van der Waals surface area contributed by atoms with Gasteiger partial charge in [-0.15, -0.1) is 0 Å². The maximum absolute atomic E-state index is 12.9. The van der Waals surface area contributed by atoms with E-state index in [1.54, 1.807) is 0 Å². The molecule has 3 rings (SSSR count). The van der Waals surface area contributed by atoms with Crippen LogP contribution in [0.5, 0.6) is 0 Å². The lowest BCUT2D eigenvalue weighted by Gasteiger charge is -2.42. The number of carbonyl (C=O) groups is 1. The van der Waals surface area contributed by atoms with Crippen molar-refractivity contribution < 1.29 is 4.79 Å². The summed E-state index contributed by atoms with van der Waals surface area (Å²) in [7, 11) is 0. The summed E-state index contributed by atoms with van der Waals surface area (Å²) in [6.45, 7) is 11.8. The standard InChI is InChI=1S/C23H38N4O/c1-4-23(3,5-2)25-22(28)20-9-7-13-27(18-20)21-10-14-26(15-11-21)17-19-8-6-12-24-16-19/h6,8,12,16,20-21H,4-5,7,9-11,13-15,17-18H2,1-3H3,(H,25,28)/t20-/m0/s1. The third-order valence-corrected chi connectivity index (χ3v) is 7.01. The fourth-order valence-corrected chi connectivity index (χ4v) is 4.57. The van der Waals surface area contributed by atoms with Crippen LogP contribution in [-0.2, 0) is 11.3 Å². The highest BCUT2D eigenvalue weighted by molar-refractivity contribution is 5.79. The van der Waals surface area contributed by atoms with Crippen LogP contribution in [0.3, 0.4) is 0 Å². The molecule has 0 saturated carbocycles. The number of amides is 1. The number of piperidine rings is 2. The van der Waals surface area contributed by atoms with E-state index in [0.29, 0.717) is 6.04 Å². The second-order valence-electron chi connectivity index (χ2n) is 8.96. The van der Waals surface area contributed by atoms with Gasteiger partial charge < -0.3 is 5.32 Å². The second-order valence-corrected chi connectivity index (χ2v) is 8.96. The molecule has 0 aliphatic carbocycles. The maximum Gasteiger partial charge on any atom is 0.224 e. The molecule has 1 N–H and O–H groups in total. The van der Waals surface area contributed by atoms with Crippen molar-refractivity contribution >= 4 is 5.91 Å². The van der Waals surface area contributed by atoms with Crippen molar-refractivity contribution in [3.05, 3.63) is 30.1 Å².